The predicted octanol–water partition coefficient (Wildman–Crippen LogP) is 3.24. The highest BCUT2D eigenvalue weighted by Gasteiger charge is 2.27. The number of anilines is 1. The molecule has 2 aromatic rings. The Bertz CT molecular complexity index is 1100. The smallest absolute Gasteiger partial charge is 0.402 e. The van der Waals surface area contributed by atoms with Gasteiger partial charge in [-0.05, 0) is 49.2 Å². The first kappa shape index (κ1) is 22.7. The Kier molecular flexibility index (Phi) is 6.86. The highest BCUT2D eigenvalue weighted by molar-refractivity contribution is 7.89. The van der Waals surface area contributed by atoms with Crippen LogP contribution in [0.25, 0.3) is 0 Å². The molecule has 162 valence electrons. The molecule has 1 fully saturated rings. The summed E-state index contributed by atoms with van der Waals surface area (Å²) in [6, 6.07) is 9.37. The summed E-state index contributed by atoms with van der Waals surface area (Å²) in [6.45, 7) is 0.870. The van der Waals surface area contributed by atoms with Crippen molar-refractivity contribution in [1.29, 1.82) is 0 Å². The summed E-state index contributed by atoms with van der Waals surface area (Å²) >= 11 is 5.90. The van der Waals surface area contributed by atoms with Crippen LogP contribution in [0.15, 0.2) is 47.4 Å². The zero-order chi connectivity index (χ0) is 21.9. The molecule has 1 amide bonds. The van der Waals surface area contributed by atoms with Gasteiger partial charge in [0.25, 0.3) is 5.91 Å². The summed E-state index contributed by atoms with van der Waals surface area (Å²) < 4.78 is 42.8. The third-order valence-corrected chi connectivity index (χ3v) is 7.02. The standard InChI is InChI=1S/C18H20ClN2O7PS/c19-14-7-8-17(28-29(23,24)25)16(12-14)20-18(22)13-5-4-6-15(11-13)30(26,27)21-9-2-1-3-10-21/h4-8,11-12H,1-3,9-10H2,(H,20,22)(H2,23,24,25). The quantitative estimate of drug-likeness (QED) is 0.547. The van der Waals surface area contributed by atoms with Crippen LogP contribution in [-0.2, 0) is 14.6 Å². The first-order valence-electron chi connectivity index (χ1n) is 9.02. The maximum absolute atomic E-state index is 12.8. The third-order valence-electron chi connectivity index (χ3n) is 4.46. The molecule has 12 heteroatoms. The molecule has 3 N–H and O–H groups in total. The molecule has 1 aliphatic rings. The monoisotopic (exact) mass is 474 g/mol. The van der Waals surface area contributed by atoms with E-state index in [0.29, 0.717) is 13.1 Å². The Labute approximate surface area is 178 Å². The molecule has 3 rings (SSSR count). The van der Waals surface area contributed by atoms with Gasteiger partial charge in [-0.15, -0.1) is 0 Å². The number of nitrogens with one attached hydrogen (secondary N) is 1. The first-order valence-corrected chi connectivity index (χ1v) is 12.4. The lowest BCUT2D eigenvalue weighted by Crippen LogP contribution is -2.35. The van der Waals surface area contributed by atoms with Gasteiger partial charge in [-0.25, -0.2) is 13.0 Å². The van der Waals surface area contributed by atoms with Crippen molar-refractivity contribution in [2.24, 2.45) is 0 Å². The second-order valence-corrected chi connectivity index (χ2v) is 10.2. The largest absolute Gasteiger partial charge is 0.524 e. The number of carbonyl (C=O) groups is 1. The van der Waals surface area contributed by atoms with Crippen molar-refractivity contribution in [3.63, 3.8) is 0 Å². The molecule has 1 saturated heterocycles. The maximum Gasteiger partial charge on any atom is 0.524 e. The van der Waals surface area contributed by atoms with Gasteiger partial charge < -0.3 is 9.84 Å². The van der Waals surface area contributed by atoms with Crippen molar-refractivity contribution in [1.82, 2.24) is 4.31 Å². The van der Waals surface area contributed by atoms with Gasteiger partial charge in [0.2, 0.25) is 10.0 Å². The fourth-order valence-corrected chi connectivity index (χ4v) is 5.21. The molecule has 0 aliphatic carbocycles. The van der Waals surface area contributed by atoms with E-state index in [-0.39, 0.29) is 26.9 Å². The van der Waals surface area contributed by atoms with Gasteiger partial charge in [-0.3, -0.25) is 14.6 Å². The second-order valence-electron chi connectivity index (χ2n) is 6.67. The number of sulfonamides is 1. The number of hydrogen-bond donors (Lipinski definition) is 3. The molecule has 0 bridgehead atoms. The molecule has 0 unspecified atom stereocenters. The fraction of sp³-hybridized carbons (Fsp3) is 0.278. The van der Waals surface area contributed by atoms with Crippen molar-refractivity contribution >= 4 is 41.0 Å². The molecule has 0 atom stereocenters. The number of amides is 1. The minimum absolute atomic E-state index is 0.00478. The van der Waals surface area contributed by atoms with Gasteiger partial charge in [-0.1, -0.05) is 24.1 Å². The number of piperidine rings is 1. The third kappa shape index (κ3) is 5.60. The van der Waals surface area contributed by atoms with Crippen LogP contribution in [0.2, 0.25) is 5.02 Å². The molecule has 0 spiro atoms. The molecule has 0 radical (unpaired) electrons. The normalized spacial score (nSPS) is 15.6. The zero-order valence-electron chi connectivity index (χ0n) is 15.7. The lowest BCUT2D eigenvalue weighted by atomic mass is 10.2. The zero-order valence-corrected chi connectivity index (χ0v) is 18.2. The highest BCUT2D eigenvalue weighted by atomic mass is 35.5. The van der Waals surface area contributed by atoms with Gasteiger partial charge in [-0.2, -0.15) is 4.31 Å². The summed E-state index contributed by atoms with van der Waals surface area (Å²) in [5.74, 6) is -0.971. The van der Waals surface area contributed by atoms with E-state index in [1.165, 1.54) is 46.8 Å². The Morgan fingerprint density at radius 1 is 1.10 bits per heavy atom. The van der Waals surface area contributed by atoms with E-state index < -0.39 is 23.8 Å². The Hall–Kier alpha value is -1.94. The van der Waals surface area contributed by atoms with Crippen LogP contribution in [-0.4, -0.2) is 41.5 Å². The van der Waals surface area contributed by atoms with Crippen LogP contribution in [0.4, 0.5) is 5.69 Å². The minimum Gasteiger partial charge on any atom is -0.402 e. The van der Waals surface area contributed by atoms with E-state index in [2.05, 4.69) is 9.84 Å². The first-order chi connectivity index (χ1) is 14.1. The predicted molar refractivity (Wildman–Crippen MR) is 111 cm³/mol. The van der Waals surface area contributed by atoms with E-state index >= 15 is 0 Å². The molecule has 9 nitrogen and oxygen atoms in total. The van der Waals surface area contributed by atoms with Crippen molar-refractivity contribution in [3.8, 4) is 5.75 Å². The summed E-state index contributed by atoms with van der Waals surface area (Å²) in [5, 5.41) is 2.65. The topological polar surface area (TPSA) is 133 Å². The van der Waals surface area contributed by atoms with E-state index in [9.17, 15) is 17.8 Å². The van der Waals surface area contributed by atoms with Crippen LogP contribution >= 0.6 is 19.4 Å². The molecule has 1 heterocycles. The molecule has 0 saturated carbocycles. The van der Waals surface area contributed by atoms with E-state index in [0.717, 1.165) is 19.3 Å². The number of hydrogen-bond acceptors (Lipinski definition) is 5. The van der Waals surface area contributed by atoms with Crippen LogP contribution in [0.1, 0.15) is 29.6 Å². The maximum atomic E-state index is 12.8. The summed E-state index contributed by atoms with van der Waals surface area (Å²) in [4.78, 5) is 30.8. The Morgan fingerprint density at radius 3 is 2.47 bits per heavy atom. The number of nitrogens with zero attached hydrogens (tertiary/aromatic N) is 1. The number of carbonyl (C=O) groups excluding carboxylic acids is 1. The van der Waals surface area contributed by atoms with Gasteiger partial charge in [0.15, 0.2) is 5.75 Å². The van der Waals surface area contributed by atoms with Gasteiger partial charge >= 0.3 is 7.82 Å². The molecule has 1 aliphatic heterocycles. The fourth-order valence-electron chi connectivity index (χ4n) is 3.05. The summed E-state index contributed by atoms with van der Waals surface area (Å²) in [7, 11) is -8.60. The number of benzene rings is 2. The van der Waals surface area contributed by atoms with Gasteiger partial charge in [0.1, 0.15) is 0 Å². The lowest BCUT2D eigenvalue weighted by Gasteiger charge is -2.26. The molecular formula is C18H20ClN2O7PS. The molecule has 30 heavy (non-hydrogen) atoms. The summed E-state index contributed by atoms with van der Waals surface area (Å²) in [6.07, 6.45) is 2.56. The average Bonchev–Trinajstić information content (AvgIpc) is 2.70. The van der Waals surface area contributed by atoms with Gasteiger partial charge in [0.05, 0.1) is 10.6 Å². The Balaban J connectivity index is 1.86. The van der Waals surface area contributed by atoms with Crippen molar-refractivity contribution < 1.29 is 32.1 Å². The molecule has 0 aromatic heterocycles. The van der Waals surface area contributed by atoms with Crippen LogP contribution < -0.4 is 9.84 Å². The SMILES string of the molecule is O=C(Nc1cc(Cl)ccc1OP(=O)(O)O)c1cccc(S(=O)(=O)N2CCCCC2)c1. The minimum atomic E-state index is -4.87. The van der Waals surface area contributed by atoms with Crippen LogP contribution in [0, 0.1) is 0 Å². The Morgan fingerprint density at radius 2 is 1.80 bits per heavy atom. The van der Waals surface area contributed by atoms with Crippen molar-refractivity contribution in [2.45, 2.75) is 24.2 Å². The second kappa shape index (κ2) is 9.05. The molecular weight excluding hydrogens is 455 g/mol. The molecule has 2 aromatic carbocycles. The number of halogens is 1. The number of phosphoric ester groups is 1. The van der Waals surface area contributed by atoms with Crippen molar-refractivity contribution in [2.75, 3.05) is 18.4 Å². The summed E-state index contributed by atoms with van der Waals surface area (Å²) in [5.41, 5.74) is -0.0182. The van der Waals surface area contributed by atoms with E-state index in [1.807, 2.05) is 0 Å². The average molecular weight is 475 g/mol. The lowest BCUT2D eigenvalue weighted by molar-refractivity contribution is 0.102. The van der Waals surface area contributed by atoms with Crippen molar-refractivity contribution in [3.05, 3.63) is 53.1 Å². The number of phosphoric acid groups is 1. The van der Waals surface area contributed by atoms with Crippen LogP contribution in [0.5, 0.6) is 5.75 Å². The van der Waals surface area contributed by atoms with E-state index in [4.69, 9.17) is 21.4 Å². The highest BCUT2D eigenvalue weighted by Crippen LogP contribution is 2.41. The van der Waals surface area contributed by atoms with E-state index in [1.54, 1.807) is 0 Å². The van der Waals surface area contributed by atoms with Gasteiger partial charge in [0, 0.05) is 23.7 Å². The number of rotatable bonds is 6. The van der Waals surface area contributed by atoms with Crippen LogP contribution in [0.3, 0.4) is 0 Å².